The van der Waals surface area contributed by atoms with E-state index in [2.05, 4.69) is 108 Å². The zero-order valence-electron chi connectivity index (χ0n) is 14.5. The van der Waals surface area contributed by atoms with Gasteiger partial charge in [0.15, 0.2) is 11.4 Å². The van der Waals surface area contributed by atoms with Crippen molar-refractivity contribution >= 4 is 0 Å². The number of benzene rings is 1. The lowest BCUT2D eigenvalue weighted by atomic mass is 10.2. The van der Waals surface area contributed by atoms with E-state index >= 15 is 0 Å². The molecule has 0 aliphatic carbocycles. The Bertz CT molecular complexity index is 709. The van der Waals surface area contributed by atoms with Crippen molar-refractivity contribution in [1.82, 2.24) is 9.13 Å². The number of aromatic nitrogens is 4. The van der Waals surface area contributed by atoms with Gasteiger partial charge < -0.3 is 48.0 Å². The fraction of sp³-hybridized carbons (Fsp3) is 0.333. The lowest BCUT2D eigenvalue weighted by Crippen LogP contribution is -3.00. The Kier molecular flexibility index (Phi) is 7.91. The molecule has 0 fully saturated rings. The van der Waals surface area contributed by atoms with Crippen LogP contribution in [0.4, 0.5) is 0 Å². The molecule has 6 heteroatoms. The molecule has 3 rings (SSSR count). The number of imidazole rings is 2. The summed E-state index contributed by atoms with van der Waals surface area (Å²) in [6.07, 6.45) is 12.7. The molecule has 0 radical (unpaired) electrons. The van der Waals surface area contributed by atoms with E-state index in [1.165, 1.54) is 11.4 Å². The summed E-state index contributed by atoms with van der Waals surface area (Å²) in [6, 6.07) is 9.39. The monoisotopic (exact) mass is 550 g/mol. The molecular formula is C18H24I2N4. The summed E-state index contributed by atoms with van der Waals surface area (Å²) < 4.78 is 8.77. The van der Waals surface area contributed by atoms with Crippen LogP contribution in [0.3, 0.4) is 0 Å². The zero-order valence-corrected chi connectivity index (χ0v) is 18.8. The Morgan fingerprint density at radius 1 is 0.708 bits per heavy atom. The molecule has 130 valence electrons. The second kappa shape index (κ2) is 8.98. The van der Waals surface area contributed by atoms with Gasteiger partial charge in [-0.1, -0.05) is 12.1 Å². The van der Waals surface area contributed by atoms with Gasteiger partial charge in [0.1, 0.15) is 24.8 Å². The van der Waals surface area contributed by atoms with Crippen molar-refractivity contribution in [3.63, 3.8) is 0 Å². The summed E-state index contributed by atoms with van der Waals surface area (Å²) in [4.78, 5) is 0. The van der Waals surface area contributed by atoms with Gasteiger partial charge in [-0.2, -0.15) is 9.13 Å². The number of para-hydroxylation sites is 2. The fourth-order valence-electron chi connectivity index (χ4n) is 2.54. The summed E-state index contributed by atoms with van der Waals surface area (Å²) in [7, 11) is 0. The van der Waals surface area contributed by atoms with Gasteiger partial charge in [-0.3, -0.25) is 0 Å². The standard InChI is InChI=1S/C18H24N4.2HI/c1-15(2)19-9-11-21(13-19)17-7-5-6-8-18(17)22-12-10-20(14-22)16(3)4;;/h5-16H,1-4H3;2*1H/q+2;;/p-2. The predicted molar refractivity (Wildman–Crippen MR) is 86.3 cm³/mol. The number of halogens is 2. The highest BCUT2D eigenvalue weighted by Gasteiger charge is 2.18. The lowest BCUT2D eigenvalue weighted by Gasteiger charge is -2.03. The Balaban J connectivity index is 0.00000144. The number of nitrogens with zero attached hydrogens (tertiary/aromatic N) is 4. The zero-order chi connectivity index (χ0) is 15.7. The van der Waals surface area contributed by atoms with Gasteiger partial charge in [0.25, 0.3) is 0 Å². The van der Waals surface area contributed by atoms with Crippen LogP contribution in [0.25, 0.3) is 11.4 Å². The first-order valence-electron chi connectivity index (χ1n) is 7.83. The summed E-state index contributed by atoms with van der Waals surface area (Å²) in [5.41, 5.74) is 2.35. The molecule has 1 aromatic carbocycles. The minimum absolute atomic E-state index is 0. The number of hydrogen-bond donors (Lipinski definition) is 0. The molecule has 4 nitrogen and oxygen atoms in total. The molecule has 2 aromatic heterocycles. The van der Waals surface area contributed by atoms with Crippen LogP contribution in [-0.4, -0.2) is 9.13 Å². The fourth-order valence-corrected chi connectivity index (χ4v) is 2.54. The van der Waals surface area contributed by atoms with E-state index in [-0.39, 0.29) is 48.0 Å². The maximum absolute atomic E-state index is 2.21. The van der Waals surface area contributed by atoms with Crippen molar-refractivity contribution in [2.24, 2.45) is 0 Å². The van der Waals surface area contributed by atoms with Gasteiger partial charge in [0, 0.05) is 0 Å². The summed E-state index contributed by atoms with van der Waals surface area (Å²) in [5.74, 6) is 0. The van der Waals surface area contributed by atoms with Crippen LogP contribution >= 0.6 is 0 Å². The van der Waals surface area contributed by atoms with Crippen LogP contribution in [-0.2, 0) is 0 Å². The molecule has 0 spiro atoms. The van der Waals surface area contributed by atoms with Gasteiger partial charge in [-0.05, 0) is 39.8 Å². The molecule has 0 unspecified atom stereocenters. The predicted octanol–water partition coefficient (Wildman–Crippen LogP) is -2.99. The molecule has 0 N–H and O–H groups in total. The average molecular weight is 550 g/mol. The van der Waals surface area contributed by atoms with Crippen molar-refractivity contribution in [3.05, 3.63) is 61.7 Å². The molecule has 0 bridgehead atoms. The SMILES string of the molecule is CC(C)[n+]1ccn(-c2ccccc2-n2cc[n+](C(C)C)c2)c1.[I-].[I-]. The topological polar surface area (TPSA) is 17.6 Å². The van der Waals surface area contributed by atoms with E-state index < -0.39 is 0 Å². The van der Waals surface area contributed by atoms with E-state index in [1.807, 2.05) is 0 Å². The molecule has 2 heterocycles. The molecule has 3 aromatic rings. The highest BCUT2D eigenvalue weighted by molar-refractivity contribution is 5.51. The molecule has 0 saturated carbocycles. The molecule has 0 atom stereocenters. The summed E-state index contributed by atoms with van der Waals surface area (Å²) >= 11 is 0. The van der Waals surface area contributed by atoms with Crippen LogP contribution in [0, 0.1) is 0 Å². The minimum Gasteiger partial charge on any atom is -1.00 e. The third-order valence-corrected chi connectivity index (χ3v) is 3.94. The van der Waals surface area contributed by atoms with Crippen molar-refractivity contribution < 1.29 is 57.1 Å². The van der Waals surface area contributed by atoms with Crippen LogP contribution in [0.5, 0.6) is 0 Å². The van der Waals surface area contributed by atoms with Gasteiger partial charge >= 0.3 is 0 Å². The minimum atomic E-state index is 0. The van der Waals surface area contributed by atoms with Gasteiger partial charge in [-0.25, -0.2) is 9.13 Å². The molecule has 0 aliphatic rings. The van der Waals surface area contributed by atoms with Crippen molar-refractivity contribution in [2.75, 3.05) is 0 Å². The maximum Gasteiger partial charge on any atom is 0.249 e. The van der Waals surface area contributed by atoms with E-state index in [4.69, 9.17) is 0 Å². The smallest absolute Gasteiger partial charge is 0.249 e. The largest absolute Gasteiger partial charge is 1.00 e. The van der Waals surface area contributed by atoms with Crippen molar-refractivity contribution in [2.45, 2.75) is 39.8 Å². The molecule has 0 saturated heterocycles. The summed E-state index contributed by atoms with van der Waals surface area (Å²) in [6.45, 7) is 8.75. The molecule has 24 heavy (non-hydrogen) atoms. The van der Waals surface area contributed by atoms with E-state index in [0.717, 1.165) is 0 Å². The van der Waals surface area contributed by atoms with Crippen LogP contribution < -0.4 is 57.1 Å². The normalized spacial score (nSPS) is 10.6. The third-order valence-electron chi connectivity index (χ3n) is 3.94. The number of hydrogen-bond acceptors (Lipinski definition) is 0. The van der Waals surface area contributed by atoms with Gasteiger partial charge in [0.05, 0.1) is 12.1 Å². The van der Waals surface area contributed by atoms with Crippen molar-refractivity contribution in [3.8, 4) is 11.4 Å². The molecular weight excluding hydrogens is 526 g/mol. The average Bonchev–Trinajstić information content (AvgIpc) is 3.17. The van der Waals surface area contributed by atoms with Gasteiger partial charge in [-0.15, -0.1) is 0 Å². The van der Waals surface area contributed by atoms with Gasteiger partial charge in [0.2, 0.25) is 12.7 Å². The quantitative estimate of drug-likeness (QED) is 0.244. The first-order chi connectivity index (χ1) is 10.6. The van der Waals surface area contributed by atoms with Crippen molar-refractivity contribution in [1.29, 1.82) is 0 Å². The third kappa shape index (κ3) is 4.38. The summed E-state index contributed by atoms with van der Waals surface area (Å²) in [5, 5.41) is 0. The Labute approximate surface area is 178 Å². The lowest BCUT2D eigenvalue weighted by molar-refractivity contribution is -0.715. The van der Waals surface area contributed by atoms with E-state index in [0.29, 0.717) is 12.1 Å². The molecule has 0 aliphatic heterocycles. The first kappa shape index (κ1) is 21.1. The van der Waals surface area contributed by atoms with E-state index in [9.17, 15) is 0 Å². The maximum atomic E-state index is 2.21. The molecule has 0 amide bonds. The van der Waals surface area contributed by atoms with Crippen LogP contribution in [0.1, 0.15) is 39.8 Å². The Morgan fingerprint density at radius 2 is 1.08 bits per heavy atom. The number of rotatable bonds is 4. The highest BCUT2D eigenvalue weighted by atomic mass is 127. The first-order valence-corrected chi connectivity index (χ1v) is 7.83. The Hall–Kier alpha value is -0.900. The highest BCUT2D eigenvalue weighted by Crippen LogP contribution is 2.18. The second-order valence-electron chi connectivity index (χ2n) is 6.21. The van der Waals surface area contributed by atoms with Crippen LogP contribution in [0.15, 0.2) is 61.7 Å². The van der Waals surface area contributed by atoms with E-state index in [1.54, 1.807) is 0 Å². The second-order valence-corrected chi connectivity index (χ2v) is 6.21. The van der Waals surface area contributed by atoms with Crippen LogP contribution in [0.2, 0.25) is 0 Å². The Morgan fingerprint density at radius 3 is 1.38 bits per heavy atom.